The molecule has 0 radical (unpaired) electrons. The minimum atomic E-state index is 0.362. The van der Waals surface area contributed by atoms with Crippen molar-refractivity contribution in [2.75, 3.05) is 0 Å². The van der Waals surface area contributed by atoms with E-state index in [1.165, 1.54) is 25.7 Å². The van der Waals surface area contributed by atoms with Gasteiger partial charge in [-0.3, -0.25) is 0 Å². The number of hydrogen-bond donors (Lipinski definition) is 0. The lowest BCUT2D eigenvalue weighted by atomic mass is 9.45. The first kappa shape index (κ1) is 12.1. The van der Waals surface area contributed by atoms with Crippen LogP contribution in [0, 0.1) is 22.7 Å². The van der Waals surface area contributed by atoms with Gasteiger partial charge in [0.05, 0.1) is 0 Å². The normalized spacial score (nSPS) is 41.0. The summed E-state index contributed by atoms with van der Waals surface area (Å²) < 4.78 is 0. The quantitative estimate of drug-likeness (QED) is 0.699. The molecule has 92 valence electrons. The Bertz CT molecular complexity index is 277. The first-order valence-corrected chi connectivity index (χ1v) is 6.86. The van der Waals surface area contributed by atoms with Crippen LogP contribution in [0.4, 0.5) is 0 Å². The van der Waals surface area contributed by atoms with Crippen molar-refractivity contribution >= 4 is 5.78 Å². The average Bonchev–Trinajstić information content (AvgIpc) is 2.15. The van der Waals surface area contributed by atoms with Crippen LogP contribution in [0.15, 0.2) is 0 Å². The number of fused-ring (bicyclic) bond motifs is 3. The molecule has 3 aliphatic rings. The maximum Gasteiger partial charge on any atom is 0.129 e. The van der Waals surface area contributed by atoms with Gasteiger partial charge >= 0.3 is 0 Å². The van der Waals surface area contributed by atoms with E-state index in [0.29, 0.717) is 16.6 Å². The van der Waals surface area contributed by atoms with E-state index in [1.807, 2.05) is 0 Å². The Kier molecular flexibility index (Phi) is 2.92. The van der Waals surface area contributed by atoms with E-state index >= 15 is 0 Å². The Labute approximate surface area is 100.0 Å². The first-order chi connectivity index (χ1) is 7.36. The van der Waals surface area contributed by atoms with Gasteiger partial charge in [-0.25, -0.2) is 0 Å². The van der Waals surface area contributed by atoms with E-state index in [4.69, 9.17) is 0 Å². The molecule has 0 aromatic rings. The minimum absolute atomic E-state index is 0.362. The van der Waals surface area contributed by atoms with E-state index in [1.54, 1.807) is 6.92 Å². The van der Waals surface area contributed by atoms with Crippen molar-refractivity contribution in [2.45, 2.75) is 66.2 Å². The molecular weight excluding hydrogens is 196 g/mol. The second-order valence-corrected chi connectivity index (χ2v) is 7.04. The van der Waals surface area contributed by atoms with Crippen LogP contribution in [-0.4, -0.2) is 5.78 Å². The van der Waals surface area contributed by atoms with Crippen LogP contribution in [0.2, 0.25) is 0 Å². The predicted molar refractivity (Wildman–Crippen MR) is 67.3 cm³/mol. The zero-order valence-corrected chi connectivity index (χ0v) is 11.3. The van der Waals surface area contributed by atoms with E-state index < -0.39 is 0 Å². The van der Waals surface area contributed by atoms with Crippen LogP contribution in [0.1, 0.15) is 66.2 Å². The third kappa shape index (κ3) is 1.83. The molecule has 16 heavy (non-hydrogen) atoms. The highest BCUT2D eigenvalue weighted by atomic mass is 16.1. The van der Waals surface area contributed by atoms with Crippen LogP contribution in [0.25, 0.3) is 0 Å². The van der Waals surface area contributed by atoms with E-state index in [9.17, 15) is 4.79 Å². The summed E-state index contributed by atoms with van der Waals surface area (Å²) in [5, 5.41) is 0. The lowest BCUT2D eigenvalue weighted by Crippen LogP contribution is -2.51. The maximum atomic E-state index is 11.2. The molecule has 1 atom stereocenters. The molecule has 0 N–H and O–H groups in total. The molecule has 3 saturated carbocycles. The van der Waals surface area contributed by atoms with Crippen molar-refractivity contribution in [1.29, 1.82) is 0 Å². The lowest BCUT2D eigenvalue weighted by Gasteiger charge is -2.60. The molecule has 3 rings (SSSR count). The Morgan fingerprint density at radius 2 is 1.75 bits per heavy atom. The van der Waals surface area contributed by atoms with E-state index in [0.717, 1.165) is 24.7 Å². The molecule has 0 aromatic carbocycles. The smallest absolute Gasteiger partial charge is 0.129 e. The van der Waals surface area contributed by atoms with Crippen molar-refractivity contribution in [3.05, 3.63) is 0 Å². The second-order valence-electron chi connectivity index (χ2n) is 7.04. The van der Waals surface area contributed by atoms with E-state index in [2.05, 4.69) is 20.8 Å². The molecule has 0 aromatic heterocycles. The van der Waals surface area contributed by atoms with Gasteiger partial charge in [-0.05, 0) is 61.7 Å². The highest BCUT2D eigenvalue weighted by Gasteiger charge is 2.54. The molecule has 0 saturated heterocycles. The minimum Gasteiger partial charge on any atom is -0.300 e. The zero-order valence-electron chi connectivity index (χ0n) is 11.3. The highest BCUT2D eigenvalue weighted by molar-refractivity contribution is 5.75. The van der Waals surface area contributed by atoms with Crippen molar-refractivity contribution in [3.63, 3.8) is 0 Å². The van der Waals surface area contributed by atoms with Crippen molar-refractivity contribution in [3.8, 4) is 0 Å². The molecule has 0 amide bonds. The molecule has 1 nitrogen and oxygen atoms in total. The van der Waals surface area contributed by atoms with Crippen LogP contribution in [0.5, 0.6) is 0 Å². The molecule has 1 unspecified atom stereocenters. The summed E-state index contributed by atoms with van der Waals surface area (Å²) >= 11 is 0. The number of Topliss-reactive ketones (excluding diaryl/α,β-unsaturated/α-hetero) is 1. The summed E-state index contributed by atoms with van der Waals surface area (Å²) in [5.41, 5.74) is 0.981. The fraction of sp³-hybridized carbons (Fsp3) is 0.933. The standard InChI is InChI=1S/C15H26O/c1-11(16)5-6-13-14(2,3)12-7-9-15(13,4)10-8-12/h12-13H,5-10H2,1-4H3. The summed E-state index contributed by atoms with van der Waals surface area (Å²) in [6, 6.07) is 0. The van der Waals surface area contributed by atoms with Crippen LogP contribution in [0.3, 0.4) is 0 Å². The molecule has 0 heterocycles. The monoisotopic (exact) mass is 222 g/mol. The number of carbonyl (C=O) groups is 1. The van der Waals surface area contributed by atoms with Gasteiger partial charge in [-0.1, -0.05) is 20.8 Å². The van der Waals surface area contributed by atoms with Crippen LogP contribution in [-0.2, 0) is 4.79 Å². The topological polar surface area (TPSA) is 17.1 Å². The third-order valence-electron chi connectivity index (χ3n) is 5.70. The number of ketones is 1. The summed E-state index contributed by atoms with van der Waals surface area (Å²) in [6.07, 6.45) is 7.53. The second kappa shape index (κ2) is 3.85. The Balaban J connectivity index is 2.16. The number of carbonyl (C=O) groups excluding carboxylic acids is 1. The number of hydrogen-bond acceptors (Lipinski definition) is 1. The van der Waals surface area contributed by atoms with Crippen LogP contribution < -0.4 is 0 Å². The highest BCUT2D eigenvalue weighted by Crippen LogP contribution is 2.63. The van der Waals surface area contributed by atoms with Crippen molar-refractivity contribution < 1.29 is 4.79 Å². The fourth-order valence-corrected chi connectivity index (χ4v) is 4.62. The molecular formula is C15H26O. The van der Waals surface area contributed by atoms with Crippen molar-refractivity contribution in [1.82, 2.24) is 0 Å². The largest absolute Gasteiger partial charge is 0.300 e. The van der Waals surface area contributed by atoms with Gasteiger partial charge in [0.25, 0.3) is 0 Å². The predicted octanol–water partition coefficient (Wildman–Crippen LogP) is 4.21. The zero-order chi connectivity index (χ0) is 12.0. The third-order valence-corrected chi connectivity index (χ3v) is 5.70. The van der Waals surface area contributed by atoms with Gasteiger partial charge < -0.3 is 4.79 Å². The molecule has 2 bridgehead atoms. The van der Waals surface area contributed by atoms with Crippen LogP contribution >= 0.6 is 0 Å². The Morgan fingerprint density at radius 3 is 2.19 bits per heavy atom. The first-order valence-electron chi connectivity index (χ1n) is 6.86. The van der Waals surface area contributed by atoms with Gasteiger partial charge in [-0.2, -0.15) is 0 Å². The Hall–Kier alpha value is -0.330. The summed E-state index contributed by atoms with van der Waals surface area (Å²) in [4.78, 5) is 11.2. The molecule has 0 aliphatic heterocycles. The Morgan fingerprint density at radius 1 is 1.19 bits per heavy atom. The SMILES string of the molecule is CC(=O)CCC1C2(C)CCC(CC2)C1(C)C. The average molecular weight is 222 g/mol. The maximum absolute atomic E-state index is 11.2. The molecule has 0 spiro atoms. The lowest BCUT2D eigenvalue weighted by molar-refractivity contribution is -0.123. The van der Waals surface area contributed by atoms with Gasteiger partial charge in [-0.15, -0.1) is 0 Å². The fourth-order valence-electron chi connectivity index (χ4n) is 4.62. The summed E-state index contributed by atoms with van der Waals surface area (Å²) in [6.45, 7) is 9.09. The van der Waals surface area contributed by atoms with Gasteiger partial charge in [0, 0.05) is 6.42 Å². The van der Waals surface area contributed by atoms with Crippen molar-refractivity contribution in [2.24, 2.45) is 22.7 Å². The number of rotatable bonds is 3. The molecule has 3 aliphatic carbocycles. The van der Waals surface area contributed by atoms with Gasteiger partial charge in [0.1, 0.15) is 5.78 Å². The van der Waals surface area contributed by atoms with Gasteiger partial charge in [0.2, 0.25) is 0 Å². The van der Waals surface area contributed by atoms with E-state index in [-0.39, 0.29) is 0 Å². The molecule has 1 heteroatoms. The summed E-state index contributed by atoms with van der Waals surface area (Å²) in [5.74, 6) is 2.03. The summed E-state index contributed by atoms with van der Waals surface area (Å²) in [7, 11) is 0. The molecule has 3 fully saturated rings. The van der Waals surface area contributed by atoms with Gasteiger partial charge in [0.15, 0.2) is 0 Å².